The predicted molar refractivity (Wildman–Crippen MR) is 117 cm³/mol. The van der Waals surface area contributed by atoms with Gasteiger partial charge < -0.3 is 14.6 Å². The average molecular weight is 405 g/mol. The van der Waals surface area contributed by atoms with E-state index in [0.29, 0.717) is 13.1 Å². The lowest BCUT2D eigenvalue weighted by Gasteiger charge is -2.28. The number of nitrogens with one attached hydrogen (secondary N) is 1. The summed E-state index contributed by atoms with van der Waals surface area (Å²) >= 11 is 0. The summed E-state index contributed by atoms with van der Waals surface area (Å²) in [6.07, 6.45) is 3.26. The molecule has 6 heteroatoms. The number of rotatable bonds is 7. The molecule has 6 nitrogen and oxygen atoms in total. The van der Waals surface area contributed by atoms with Gasteiger partial charge >= 0.3 is 0 Å². The number of carbonyl (C=O) groups is 2. The van der Waals surface area contributed by atoms with Gasteiger partial charge in [0.05, 0.1) is 31.1 Å². The molecule has 30 heavy (non-hydrogen) atoms. The van der Waals surface area contributed by atoms with Crippen molar-refractivity contribution in [3.63, 3.8) is 0 Å². The van der Waals surface area contributed by atoms with Gasteiger partial charge in [-0.2, -0.15) is 0 Å². The number of furan rings is 1. The molecule has 0 aliphatic carbocycles. The van der Waals surface area contributed by atoms with Gasteiger partial charge in [0.25, 0.3) is 0 Å². The first kappa shape index (κ1) is 20.2. The monoisotopic (exact) mass is 405 g/mol. The van der Waals surface area contributed by atoms with E-state index in [2.05, 4.69) is 17.4 Å². The molecule has 156 valence electrons. The molecule has 1 aliphatic rings. The van der Waals surface area contributed by atoms with Crippen molar-refractivity contribution in [3.8, 4) is 0 Å². The zero-order chi connectivity index (χ0) is 20.9. The van der Waals surface area contributed by atoms with Gasteiger partial charge in [0.2, 0.25) is 11.8 Å². The molecule has 0 unspecified atom stereocenters. The summed E-state index contributed by atoms with van der Waals surface area (Å²) in [6, 6.07) is 17.5. The molecule has 1 aromatic heterocycles. The predicted octanol–water partition coefficient (Wildman–Crippen LogP) is 3.57. The van der Waals surface area contributed by atoms with E-state index >= 15 is 0 Å². The summed E-state index contributed by atoms with van der Waals surface area (Å²) in [4.78, 5) is 29.7. The number of nitrogens with zero attached hydrogens (tertiary/aromatic N) is 2. The molecule has 1 N–H and O–H groups in total. The number of likely N-dealkylation sites (N-methyl/N-ethyl adjacent to an activating group) is 1. The number of hydrogen-bond acceptors (Lipinski definition) is 4. The van der Waals surface area contributed by atoms with Crippen molar-refractivity contribution in [2.75, 3.05) is 24.5 Å². The molecule has 1 atom stereocenters. The molecular weight excluding hydrogens is 378 g/mol. The molecular formula is C24H27N3O3. The van der Waals surface area contributed by atoms with Crippen molar-refractivity contribution < 1.29 is 14.0 Å². The van der Waals surface area contributed by atoms with E-state index in [1.807, 2.05) is 53.1 Å². The van der Waals surface area contributed by atoms with Crippen LogP contribution in [0.2, 0.25) is 0 Å². The first-order valence-electron chi connectivity index (χ1n) is 10.5. The molecule has 1 fully saturated rings. The van der Waals surface area contributed by atoms with Crippen molar-refractivity contribution in [3.05, 3.63) is 66.6 Å². The van der Waals surface area contributed by atoms with Crippen molar-refractivity contribution >= 4 is 28.3 Å². The van der Waals surface area contributed by atoms with Crippen molar-refractivity contribution in [1.82, 2.24) is 10.2 Å². The van der Waals surface area contributed by atoms with Crippen molar-refractivity contribution in [1.29, 1.82) is 0 Å². The van der Waals surface area contributed by atoms with Crippen LogP contribution in [0.1, 0.15) is 25.5 Å². The van der Waals surface area contributed by atoms with Gasteiger partial charge in [-0.3, -0.25) is 14.5 Å². The summed E-state index contributed by atoms with van der Waals surface area (Å²) in [6.45, 7) is 3.90. The van der Waals surface area contributed by atoms with Crippen LogP contribution in [0.3, 0.4) is 0 Å². The van der Waals surface area contributed by atoms with Crippen LogP contribution >= 0.6 is 0 Å². The standard InChI is InChI=1S/C24H27N3O3/c1-2-27(21-12-5-9-18-8-3-4-11-20(18)21)23(28)17-26-14-6-13-22(26)24(29)25-16-19-10-7-15-30-19/h3-5,7-12,15,22H,2,6,13-14,16-17H2,1H3,(H,25,29)/t22-/m1/s1. The minimum absolute atomic E-state index is 0.0135. The third-order valence-electron chi connectivity index (χ3n) is 5.70. The van der Waals surface area contributed by atoms with E-state index in [9.17, 15) is 9.59 Å². The van der Waals surface area contributed by atoms with Gasteiger partial charge in [-0.25, -0.2) is 0 Å². The Morgan fingerprint density at radius 3 is 2.77 bits per heavy atom. The molecule has 1 aliphatic heterocycles. The Hall–Kier alpha value is -3.12. The van der Waals surface area contributed by atoms with E-state index in [4.69, 9.17) is 4.42 Å². The largest absolute Gasteiger partial charge is 0.467 e. The highest BCUT2D eigenvalue weighted by molar-refractivity contribution is 6.04. The molecule has 3 aromatic rings. The van der Waals surface area contributed by atoms with Gasteiger partial charge in [0.15, 0.2) is 0 Å². The number of fused-ring (bicyclic) bond motifs is 1. The maximum Gasteiger partial charge on any atom is 0.241 e. The normalized spacial score (nSPS) is 16.6. The van der Waals surface area contributed by atoms with Gasteiger partial charge in [0, 0.05) is 11.9 Å². The minimum Gasteiger partial charge on any atom is -0.467 e. The van der Waals surface area contributed by atoms with Crippen LogP contribution in [0.4, 0.5) is 5.69 Å². The van der Waals surface area contributed by atoms with Crippen LogP contribution in [0.15, 0.2) is 65.3 Å². The van der Waals surface area contributed by atoms with Crippen molar-refractivity contribution in [2.45, 2.75) is 32.4 Å². The van der Waals surface area contributed by atoms with E-state index in [-0.39, 0.29) is 24.4 Å². The van der Waals surface area contributed by atoms with Gasteiger partial charge in [-0.05, 0) is 49.9 Å². The Kier molecular flexibility index (Phi) is 6.14. The first-order chi connectivity index (χ1) is 14.7. The first-order valence-corrected chi connectivity index (χ1v) is 10.5. The molecule has 0 radical (unpaired) electrons. The Balaban J connectivity index is 1.45. The third-order valence-corrected chi connectivity index (χ3v) is 5.70. The average Bonchev–Trinajstić information content (AvgIpc) is 3.45. The number of hydrogen-bond donors (Lipinski definition) is 1. The van der Waals surface area contributed by atoms with E-state index in [0.717, 1.165) is 41.6 Å². The summed E-state index contributed by atoms with van der Waals surface area (Å²) in [5.74, 6) is 0.682. The molecule has 0 saturated carbocycles. The highest BCUT2D eigenvalue weighted by Crippen LogP contribution is 2.27. The second kappa shape index (κ2) is 9.13. The Labute approximate surface area is 176 Å². The highest BCUT2D eigenvalue weighted by Gasteiger charge is 2.33. The summed E-state index contributed by atoms with van der Waals surface area (Å²) in [5.41, 5.74) is 0.915. The summed E-state index contributed by atoms with van der Waals surface area (Å²) in [7, 11) is 0. The van der Waals surface area contributed by atoms with Crippen molar-refractivity contribution in [2.24, 2.45) is 0 Å². The second-order valence-electron chi connectivity index (χ2n) is 7.56. The topological polar surface area (TPSA) is 65.8 Å². The number of benzene rings is 2. The lowest BCUT2D eigenvalue weighted by atomic mass is 10.1. The molecule has 0 spiro atoms. The number of anilines is 1. The molecule has 2 aromatic carbocycles. The zero-order valence-corrected chi connectivity index (χ0v) is 17.2. The second-order valence-corrected chi connectivity index (χ2v) is 7.56. The Bertz CT molecular complexity index is 1010. The smallest absolute Gasteiger partial charge is 0.241 e. The molecule has 2 heterocycles. The number of carbonyl (C=O) groups excluding carboxylic acids is 2. The lowest BCUT2D eigenvalue weighted by Crippen LogP contribution is -2.47. The molecule has 4 rings (SSSR count). The Morgan fingerprint density at radius 1 is 1.13 bits per heavy atom. The maximum atomic E-state index is 13.2. The fourth-order valence-corrected chi connectivity index (χ4v) is 4.20. The van der Waals surface area contributed by atoms with E-state index in [1.165, 1.54) is 0 Å². The Morgan fingerprint density at radius 2 is 1.97 bits per heavy atom. The van der Waals surface area contributed by atoms with E-state index in [1.54, 1.807) is 12.3 Å². The van der Waals surface area contributed by atoms with Gasteiger partial charge in [-0.15, -0.1) is 0 Å². The molecule has 1 saturated heterocycles. The maximum absolute atomic E-state index is 13.2. The van der Waals surface area contributed by atoms with Crippen LogP contribution in [-0.2, 0) is 16.1 Å². The van der Waals surface area contributed by atoms with Crippen LogP contribution in [-0.4, -0.2) is 42.4 Å². The minimum atomic E-state index is -0.282. The van der Waals surface area contributed by atoms with Crippen LogP contribution in [0.25, 0.3) is 10.8 Å². The highest BCUT2D eigenvalue weighted by atomic mass is 16.3. The van der Waals surface area contributed by atoms with Crippen LogP contribution < -0.4 is 10.2 Å². The SMILES string of the molecule is CCN(C(=O)CN1CCC[C@@H]1C(=O)NCc1ccco1)c1cccc2ccccc12. The van der Waals surface area contributed by atoms with E-state index < -0.39 is 0 Å². The van der Waals surface area contributed by atoms with Crippen LogP contribution in [0, 0.1) is 0 Å². The number of amides is 2. The zero-order valence-electron chi connectivity index (χ0n) is 17.2. The fourth-order valence-electron chi connectivity index (χ4n) is 4.20. The lowest BCUT2D eigenvalue weighted by molar-refractivity contribution is -0.127. The summed E-state index contributed by atoms with van der Waals surface area (Å²) < 4.78 is 5.28. The van der Waals surface area contributed by atoms with Gasteiger partial charge in [0.1, 0.15) is 5.76 Å². The quantitative estimate of drug-likeness (QED) is 0.653. The molecule has 0 bridgehead atoms. The summed E-state index contributed by atoms with van der Waals surface area (Å²) in [5, 5.41) is 5.10. The number of likely N-dealkylation sites (tertiary alicyclic amines) is 1. The van der Waals surface area contributed by atoms with Gasteiger partial charge in [-0.1, -0.05) is 36.4 Å². The molecule has 2 amide bonds. The third kappa shape index (κ3) is 4.24. The van der Waals surface area contributed by atoms with Crippen LogP contribution in [0.5, 0.6) is 0 Å². The fraction of sp³-hybridized carbons (Fsp3) is 0.333.